The van der Waals surface area contributed by atoms with E-state index in [0.717, 1.165) is 16.7 Å². The summed E-state index contributed by atoms with van der Waals surface area (Å²) in [6, 6.07) is 47.1. The number of hydrogen-bond donors (Lipinski definition) is 2. The van der Waals surface area contributed by atoms with Crippen LogP contribution in [0.3, 0.4) is 0 Å². The third kappa shape index (κ3) is 7.53. The van der Waals surface area contributed by atoms with Crippen LogP contribution in [0.2, 0.25) is 0 Å². The van der Waals surface area contributed by atoms with E-state index in [-0.39, 0.29) is 31.5 Å². The van der Waals surface area contributed by atoms with Gasteiger partial charge in [0, 0.05) is 42.1 Å². The normalized spacial score (nSPS) is 13.4. The van der Waals surface area contributed by atoms with Crippen molar-refractivity contribution in [3.63, 3.8) is 0 Å². The van der Waals surface area contributed by atoms with Gasteiger partial charge in [-0.25, -0.2) is 4.79 Å². The third-order valence-corrected chi connectivity index (χ3v) is 10.3. The maximum atomic E-state index is 15.2. The van der Waals surface area contributed by atoms with Crippen LogP contribution >= 0.6 is 0 Å². The zero-order valence-corrected chi connectivity index (χ0v) is 31.2. The molecule has 1 aliphatic rings. The van der Waals surface area contributed by atoms with Crippen LogP contribution in [0.25, 0.3) is 16.6 Å². The van der Waals surface area contributed by atoms with Gasteiger partial charge in [0.15, 0.2) is 11.5 Å². The van der Waals surface area contributed by atoms with Crippen LogP contribution in [0.15, 0.2) is 158 Å². The maximum Gasteiger partial charge on any atom is 0.404 e. The zero-order valence-electron chi connectivity index (χ0n) is 31.2. The minimum absolute atomic E-state index is 0.0398. The predicted molar refractivity (Wildman–Crippen MR) is 220 cm³/mol. The molecule has 6 aromatic carbocycles. The van der Waals surface area contributed by atoms with Gasteiger partial charge in [0.05, 0.1) is 35.5 Å². The standard InChI is InChI=1S/C47H40N4O6/c1-56-43-27-42(50-30-40(38-23-13-14-24-41(38)50)46(53)51(35-19-7-3-8-20-35)36-21-9-4-10-22-36)39(26-44(43)57-31-32-15-5-2-6-16-32)45(52)49-29-34-18-12-11-17-33(34)25-37(49)28-48-47(54)55/h2-24,26-27,30,37,48H,25,28-29,31H2,1H3,(H,54,55)/t37-/m0/s1. The summed E-state index contributed by atoms with van der Waals surface area (Å²) in [5.74, 6) is 0.173. The molecule has 0 saturated heterocycles. The van der Waals surface area contributed by atoms with Gasteiger partial charge in [0.1, 0.15) is 6.61 Å². The molecule has 0 bridgehead atoms. The Kier molecular flexibility index (Phi) is 10.4. The van der Waals surface area contributed by atoms with Crippen LogP contribution in [0.1, 0.15) is 37.4 Å². The van der Waals surface area contributed by atoms with E-state index in [2.05, 4.69) is 5.32 Å². The molecule has 0 saturated carbocycles. The lowest BCUT2D eigenvalue weighted by atomic mass is 9.93. The minimum atomic E-state index is -1.17. The summed E-state index contributed by atoms with van der Waals surface area (Å²) in [7, 11) is 1.55. The van der Waals surface area contributed by atoms with Crippen molar-refractivity contribution in [1.82, 2.24) is 14.8 Å². The number of para-hydroxylation sites is 3. The first-order valence-corrected chi connectivity index (χ1v) is 18.7. The number of carbonyl (C=O) groups is 3. The Hall–Kier alpha value is -7.33. The lowest BCUT2D eigenvalue weighted by Crippen LogP contribution is -2.50. The number of fused-ring (bicyclic) bond motifs is 2. The number of amides is 3. The first-order chi connectivity index (χ1) is 27.9. The highest BCUT2D eigenvalue weighted by Crippen LogP contribution is 2.38. The van der Waals surface area contributed by atoms with Crippen molar-refractivity contribution in [1.29, 1.82) is 0 Å². The minimum Gasteiger partial charge on any atom is -0.493 e. The van der Waals surface area contributed by atoms with Crippen LogP contribution in [-0.2, 0) is 19.6 Å². The summed E-state index contributed by atoms with van der Waals surface area (Å²) in [5, 5.41) is 12.8. The monoisotopic (exact) mass is 756 g/mol. The molecule has 57 heavy (non-hydrogen) atoms. The van der Waals surface area contributed by atoms with E-state index in [1.807, 2.05) is 144 Å². The van der Waals surface area contributed by atoms with Crippen molar-refractivity contribution >= 4 is 40.2 Å². The Morgan fingerprint density at radius 2 is 1.35 bits per heavy atom. The number of hydrogen-bond acceptors (Lipinski definition) is 5. The number of carbonyl (C=O) groups excluding carboxylic acids is 2. The van der Waals surface area contributed by atoms with Crippen LogP contribution < -0.4 is 19.7 Å². The van der Waals surface area contributed by atoms with Crippen LogP contribution in [0.4, 0.5) is 16.2 Å². The lowest BCUT2D eigenvalue weighted by Gasteiger charge is -2.37. The maximum absolute atomic E-state index is 15.2. The molecule has 8 rings (SSSR count). The second-order valence-corrected chi connectivity index (χ2v) is 13.8. The van der Waals surface area contributed by atoms with E-state index in [1.165, 1.54) is 0 Å². The molecule has 3 amide bonds. The summed E-state index contributed by atoms with van der Waals surface area (Å²) in [6.07, 6.45) is 1.07. The van der Waals surface area contributed by atoms with Gasteiger partial charge in [-0.15, -0.1) is 0 Å². The Labute approximate surface area is 330 Å². The molecular weight excluding hydrogens is 717 g/mol. The molecule has 2 N–H and O–H groups in total. The Morgan fingerprint density at radius 1 is 0.737 bits per heavy atom. The highest BCUT2D eigenvalue weighted by atomic mass is 16.5. The van der Waals surface area contributed by atoms with E-state index < -0.39 is 12.1 Å². The summed E-state index contributed by atoms with van der Waals surface area (Å²) >= 11 is 0. The number of benzene rings is 6. The number of aromatic nitrogens is 1. The van der Waals surface area contributed by atoms with Gasteiger partial charge in [-0.3, -0.25) is 14.5 Å². The Balaban J connectivity index is 1.29. The van der Waals surface area contributed by atoms with Gasteiger partial charge in [0.25, 0.3) is 11.8 Å². The van der Waals surface area contributed by atoms with Crippen molar-refractivity contribution in [3.8, 4) is 17.2 Å². The quantitative estimate of drug-likeness (QED) is 0.136. The van der Waals surface area contributed by atoms with E-state index >= 15 is 4.79 Å². The molecule has 0 radical (unpaired) electrons. The number of carboxylic acid groups (broad SMARTS) is 1. The number of methoxy groups -OCH3 is 1. The fourth-order valence-electron chi connectivity index (χ4n) is 7.50. The Bertz CT molecular complexity index is 2520. The van der Waals surface area contributed by atoms with E-state index in [4.69, 9.17) is 9.47 Å². The smallest absolute Gasteiger partial charge is 0.404 e. The number of nitrogens with zero attached hydrogens (tertiary/aromatic N) is 3. The molecular formula is C47H40N4O6. The molecule has 10 heteroatoms. The van der Waals surface area contributed by atoms with Crippen molar-refractivity contribution < 1.29 is 29.0 Å². The molecule has 284 valence electrons. The van der Waals surface area contributed by atoms with Gasteiger partial charge in [-0.05, 0) is 59.5 Å². The molecule has 0 fully saturated rings. The number of ether oxygens (including phenoxy) is 2. The van der Waals surface area contributed by atoms with Gasteiger partial charge < -0.3 is 29.4 Å². The van der Waals surface area contributed by atoms with Gasteiger partial charge >= 0.3 is 6.09 Å². The first-order valence-electron chi connectivity index (χ1n) is 18.7. The lowest BCUT2D eigenvalue weighted by molar-refractivity contribution is 0.0636. The van der Waals surface area contributed by atoms with Crippen molar-refractivity contribution in [2.75, 3.05) is 18.6 Å². The summed E-state index contributed by atoms with van der Waals surface area (Å²) < 4.78 is 14.1. The average molecular weight is 757 g/mol. The predicted octanol–water partition coefficient (Wildman–Crippen LogP) is 9.03. The molecule has 0 unspecified atom stereocenters. The van der Waals surface area contributed by atoms with E-state index in [9.17, 15) is 14.7 Å². The topological polar surface area (TPSA) is 113 Å². The van der Waals surface area contributed by atoms with Gasteiger partial charge in [0.2, 0.25) is 0 Å². The van der Waals surface area contributed by atoms with Crippen molar-refractivity contribution in [2.24, 2.45) is 0 Å². The number of rotatable bonds is 11. The van der Waals surface area contributed by atoms with Crippen LogP contribution in [0.5, 0.6) is 11.5 Å². The fraction of sp³-hybridized carbons (Fsp3) is 0.128. The van der Waals surface area contributed by atoms with Gasteiger partial charge in [-0.2, -0.15) is 0 Å². The molecule has 0 aliphatic carbocycles. The summed E-state index contributed by atoms with van der Waals surface area (Å²) in [6.45, 7) is 0.538. The zero-order chi connectivity index (χ0) is 39.3. The fourth-order valence-corrected chi connectivity index (χ4v) is 7.50. The highest BCUT2D eigenvalue weighted by Gasteiger charge is 2.34. The van der Waals surface area contributed by atoms with Gasteiger partial charge in [-0.1, -0.05) is 109 Å². The highest BCUT2D eigenvalue weighted by molar-refractivity contribution is 6.17. The number of nitrogens with one attached hydrogen (secondary N) is 1. The largest absolute Gasteiger partial charge is 0.493 e. The Morgan fingerprint density at radius 3 is 2.02 bits per heavy atom. The number of anilines is 2. The molecule has 2 heterocycles. The molecule has 7 aromatic rings. The molecule has 1 aliphatic heterocycles. The average Bonchev–Trinajstić information content (AvgIpc) is 3.65. The van der Waals surface area contributed by atoms with Crippen molar-refractivity contribution in [3.05, 3.63) is 186 Å². The summed E-state index contributed by atoms with van der Waals surface area (Å²) in [5.41, 5.74) is 6.26. The van der Waals surface area contributed by atoms with E-state index in [1.54, 1.807) is 35.2 Å². The molecule has 1 aromatic heterocycles. The second-order valence-electron chi connectivity index (χ2n) is 13.8. The SMILES string of the molecule is COc1cc(-n2cc(C(=O)N(c3ccccc3)c3ccccc3)c3ccccc32)c(C(=O)N2Cc3ccccc3C[C@H]2CNC(=O)O)cc1OCc1ccccc1. The van der Waals surface area contributed by atoms with Crippen LogP contribution in [0, 0.1) is 0 Å². The van der Waals surface area contributed by atoms with Crippen LogP contribution in [-0.4, -0.2) is 52.2 Å². The second kappa shape index (κ2) is 16.2. The first kappa shape index (κ1) is 36.6. The molecule has 0 spiro atoms. The third-order valence-electron chi connectivity index (χ3n) is 10.3. The molecule has 1 atom stereocenters. The van der Waals surface area contributed by atoms with E-state index in [0.29, 0.717) is 57.0 Å². The summed E-state index contributed by atoms with van der Waals surface area (Å²) in [4.78, 5) is 45.2. The van der Waals surface area contributed by atoms with Crippen molar-refractivity contribution in [2.45, 2.75) is 25.6 Å². The molecule has 10 nitrogen and oxygen atoms in total.